The predicted octanol–water partition coefficient (Wildman–Crippen LogP) is 1.92. The Labute approximate surface area is 126 Å². The molecule has 0 aliphatic heterocycles. The molecule has 0 amide bonds. The minimum atomic E-state index is -0.139. The van der Waals surface area contributed by atoms with Crippen LogP contribution in [0.15, 0.2) is 16.2 Å². The fourth-order valence-electron chi connectivity index (χ4n) is 1.80. The van der Waals surface area contributed by atoms with Gasteiger partial charge in [-0.05, 0) is 24.5 Å². The summed E-state index contributed by atoms with van der Waals surface area (Å²) < 4.78 is 4.75. The molecule has 0 saturated heterocycles. The third-order valence-electron chi connectivity index (χ3n) is 3.24. The van der Waals surface area contributed by atoms with Crippen molar-refractivity contribution in [3.8, 4) is 0 Å². The minimum Gasteiger partial charge on any atom is -0.469 e. The second-order valence-electron chi connectivity index (χ2n) is 4.76. The Morgan fingerprint density at radius 2 is 2.30 bits per heavy atom. The highest BCUT2D eigenvalue weighted by Crippen LogP contribution is 2.52. The summed E-state index contributed by atoms with van der Waals surface area (Å²) in [5.74, 6) is 6.72. The lowest BCUT2D eigenvalue weighted by Gasteiger charge is -2.13. The van der Waals surface area contributed by atoms with Crippen LogP contribution in [0.2, 0.25) is 0 Å². The van der Waals surface area contributed by atoms with Gasteiger partial charge >= 0.3 is 5.97 Å². The molecule has 2 rings (SSSR count). The molecule has 110 valence electrons. The number of nitrogens with zero attached hydrogens (tertiary/aromatic N) is 2. The Kier molecular flexibility index (Phi) is 5.11. The number of hydrazine groups is 1. The van der Waals surface area contributed by atoms with Crippen molar-refractivity contribution >= 4 is 35.3 Å². The largest absolute Gasteiger partial charge is 0.469 e. The first-order chi connectivity index (χ1) is 9.60. The van der Waals surface area contributed by atoms with Crippen LogP contribution in [0.4, 0.5) is 5.82 Å². The van der Waals surface area contributed by atoms with E-state index in [1.165, 1.54) is 18.9 Å². The fourth-order valence-corrected chi connectivity index (χ4v) is 3.43. The standard InChI is InChI=1S/C12H18N4O2S2/c1-18-10(17)6-12(3-4-12)7-20-9-5-8(16-13)14-11(15-9)19-2/h5H,3-4,6-7,13H2,1-2H3,(H,14,15,16). The van der Waals surface area contributed by atoms with E-state index >= 15 is 0 Å². The molecule has 0 bridgehead atoms. The van der Waals surface area contributed by atoms with Crippen LogP contribution in [-0.4, -0.2) is 35.1 Å². The first-order valence-electron chi connectivity index (χ1n) is 6.20. The first-order valence-corrected chi connectivity index (χ1v) is 8.41. The van der Waals surface area contributed by atoms with Gasteiger partial charge in [-0.1, -0.05) is 11.8 Å². The Hall–Kier alpha value is -0.990. The topological polar surface area (TPSA) is 90.1 Å². The van der Waals surface area contributed by atoms with E-state index in [4.69, 9.17) is 10.6 Å². The van der Waals surface area contributed by atoms with Gasteiger partial charge in [-0.3, -0.25) is 4.79 Å². The van der Waals surface area contributed by atoms with Gasteiger partial charge in [0, 0.05) is 11.8 Å². The minimum absolute atomic E-state index is 0.0819. The Morgan fingerprint density at radius 3 is 2.85 bits per heavy atom. The average molecular weight is 314 g/mol. The summed E-state index contributed by atoms with van der Waals surface area (Å²) in [6.45, 7) is 0. The van der Waals surface area contributed by atoms with Crippen LogP contribution in [-0.2, 0) is 9.53 Å². The molecule has 1 aliphatic carbocycles. The van der Waals surface area contributed by atoms with Crippen molar-refractivity contribution in [1.29, 1.82) is 0 Å². The van der Waals surface area contributed by atoms with Crippen molar-refractivity contribution in [3.63, 3.8) is 0 Å². The maximum absolute atomic E-state index is 11.4. The summed E-state index contributed by atoms with van der Waals surface area (Å²) >= 11 is 3.10. The second kappa shape index (κ2) is 6.64. The molecule has 0 unspecified atom stereocenters. The number of nitrogen functional groups attached to an aromatic ring is 1. The molecule has 0 radical (unpaired) electrons. The third kappa shape index (κ3) is 4.00. The van der Waals surface area contributed by atoms with Crippen LogP contribution in [0.5, 0.6) is 0 Å². The van der Waals surface area contributed by atoms with Gasteiger partial charge in [0.1, 0.15) is 10.8 Å². The van der Waals surface area contributed by atoms with E-state index in [2.05, 4.69) is 15.4 Å². The van der Waals surface area contributed by atoms with Gasteiger partial charge in [0.05, 0.1) is 13.5 Å². The number of carbonyl (C=O) groups is 1. The number of carbonyl (C=O) groups excluding carboxylic acids is 1. The normalized spacial score (nSPS) is 15.8. The van der Waals surface area contributed by atoms with E-state index in [-0.39, 0.29) is 11.4 Å². The van der Waals surface area contributed by atoms with Crippen molar-refractivity contribution in [1.82, 2.24) is 9.97 Å². The highest BCUT2D eigenvalue weighted by molar-refractivity contribution is 7.99. The molecule has 0 aromatic carbocycles. The number of methoxy groups -OCH3 is 1. The van der Waals surface area contributed by atoms with E-state index in [0.717, 1.165) is 23.6 Å². The molecule has 1 aromatic rings. The lowest BCUT2D eigenvalue weighted by molar-refractivity contribution is -0.141. The van der Waals surface area contributed by atoms with Gasteiger partial charge in [-0.15, -0.1) is 11.8 Å². The molecule has 1 fully saturated rings. The number of nitrogens with one attached hydrogen (secondary N) is 1. The highest BCUT2D eigenvalue weighted by atomic mass is 32.2. The molecule has 3 N–H and O–H groups in total. The second-order valence-corrected chi connectivity index (χ2v) is 6.53. The summed E-state index contributed by atoms with van der Waals surface area (Å²) in [6, 6.07) is 1.82. The van der Waals surface area contributed by atoms with Gasteiger partial charge < -0.3 is 10.2 Å². The quantitative estimate of drug-likeness (QED) is 0.197. The monoisotopic (exact) mass is 314 g/mol. The van der Waals surface area contributed by atoms with Gasteiger partial charge in [-0.2, -0.15) is 0 Å². The van der Waals surface area contributed by atoms with Crippen LogP contribution in [0.3, 0.4) is 0 Å². The number of aromatic nitrogens is 2. The van der Waals surface area contributed by atoms with Crippen LogP contribution in [0.25, 0.3) is 0 Å². The van der Waals surface area contributed by atoms with Gasteiger partial charge in [0.25, 0.3) is 0 Å². The summed E-state index contributed by atoms with van der Waals surface area (Å²) in [6.07, 6.45) is 4.54. The maximum atomic E-state index is 11.4. The Balaban J connectivity index is 1.98. The van der Waals surface area contributed by atoms with Crippen LogP contribution < -0.4 is 11.3 Å². The van der Waals surface area contributed by atoms with Gasteiger partial charge in [0.2, 0.25) is 0 Å². The molecule has 1 saturated carbocycles. The number of rotatable bonds is 7. The van der Waals surface area contributed by atoms with E-state index in [9.17, 15) is 4.79 Å². The van der Waals surface area contributed by atoms with Crippen molar-refractivity contribution in [2.75, 3.05) is 24.5 Å². The number of hydrogen-bond donors (Lipinski definition) is 2. The molecular formula is C12H18N4O2S2. The summed E-state index contributed by atoms with van der Waals surface area (Å²) in [5.41, 5.74) is 2.63. The molecule has 20 heavy (non-hydrogen) atoms. The van der Waals surface area contributed by atoms with E-state index in [1.54, 1.807) is 11.8 Å². The van der Waals surface area contributed by atoms with E-state index < -0.39 is 0 Å². The maximum Gasteiger partial charge on any atom is 0.306 e. The molecular weight excluding hydrogens is 296 g/mol. The lowest BCUT2D eigenvalue weighted by atomic mass is 10.1. The first kappa shape index (κ1) is 15.4. The number of esters is 1. The molecule has 6 nitrogen and oxygen atoms in total. The SMILES string of the molecule is COC(=O)CC1(CSc2cc(NN)nc(SC)n2)CC1. The Morgan fingerprint density at radius 1 is 1.55 bits per heavy atom. The molecule has 0 atom stereocenters. The van der Waals surface area contributed by atoms with Crippen LogP contribution in [0.1, 0.15) is 19.3 Å². The van der Waals surface area contributed by atoms with Crippen LogP contribution in [0, 0.1) is 5.41 Å². The van der Waals surface area contributed by atoms with Gasteiger partial charge in [-0.25, -0.2) is 15.8 Å². The average Bonchev–Trinajstić information content (AvgIpc) is 3.24. The zero-order chi connectivity index (χ0) is 14.6. The molecule has 1 aromatic heterocycles. The van der Waals surface area contributed by atoms with E-state index in [1.807, 2.05) is 12.3 Å². The number of thioether (sulfide) groups is 2. The molecule has 8 heteroatoms. The number of hydrogen-bond acceptors (Lipinski definition) is 8. The van der Waals surface area contributed by atoms with Crippen molar-refractivity contribution in [2.45, 2.75) is 29.4 Å². The molecule has 1 aliphatic rings. The van der Waals surface area contributed by atoms with Crippen molar-refractivity contribution in [2.24, 2.45) is 11.3 Å². The number of nitrogens with two attached hydrogens (primary N) is 1. The summed E-state index contributed by atoms with van der Waals surface area (Å²) in [4.78, 5) is 20.0. The summed E-state index contributed by atoms with van der Waals surface area (Å²) in [5, 5.41) is 1.55. The van der Waals surface area contributed by atoms with Gasteiger partial charge in [0.15, 0.2) is 5.16 Å². The zero-order valence-electron chi connectivity index (χ0n) is 11.5. The lowest BCUT2D eigenvalue weighted by Crippen LogP contribution is -2.13. The van der Waals surface area contributed by atoms with Crippen molar-refractivity contribution < 1.29 is 9.53 Å². The van der Waals surface area contributed by atoms with Crippen molar-refractivity contribution in [3.05, 3.63) is 6.07 Å². The van der Waals surface area contributed by atoms with E-state index in [0.29, 0.717) is 17.4 Å². The molecule has 0 spiro atoms. The smallest absolute Gasteiger partial charge is 0.306 e. The predicted molar refractivity (Wildman–Crippen MR) is 80.6 cm³/mol. The van der Waals surface area contributed by atoms with Crippen LogP contribution >= 0.6 is 23.5 Å². The number of anilines is 1. The summed E-state index contributed by atoms with van der Waals surface area (Å²) in [7, 11) is 1.43. The third-order valence-corrected chi connectivity index (χ3v) is 5.05. The zero-order valence-corrected chi connectivity index (χ0v) is 13.1. The number of ether oxygens (including phenoxy) is 1. The molecule has 1 heterocycles. The highest BCUT2D eigenvalue weighted by Gasteiger charge is 2.44. The fraction of sp³-hybridized carbons (Fsp3) is 0.583. The Bertz CT molecular complexity index is 472.